The number of benzene rings is 2. The number of hydrogen-bond acceptors (Lipinski definition) is 3. The maximum Gasteiger partial charge on any atom is 0.238 e. The largest absolute Gasteiger partial charge is 0.326 e. The van der Waals surface area contributed by atoms with Gasteiger partial charge in [0.05, 0.1) is 5.75 Å². The second kappa shape index (κ2) is 9.90. The van der Waals surface area contributed by atoms with Crippen molar-refractivity contribution in [2.45, 2.75) is 64.2 Å². The molecule has 164 valence electrons. The first kappa shape index (κ1) is 21.9. The molecule has 0 aromatic heterocycles. The lowest BCUT2D eigenvalue weighted by atomic mass is 9.98. The zero-order chi connectivity index (χ0) is 21.8. The van der Waals surface area contributed by atoms with Crippen molar-refractivity contribution in [3.8, 4) is 0 Å². The molecule has 1 aliphatic heterocycles. The van der Waals surface area contributed by atoms with Crippen LogP contribution in [0.25, 0.3) is 0 Å². The number of nitrogens with zero attached hydrogens (tertiary/aromatic N) is 1. The lowest BCUT2D eigenvalue weighted by molar-refractivity contribution is -0.120. The van der Waals surface area contributed by atoms with Crippen LogP contribution in [-0.2, 0) is 22.4 Å². The summed E-state index contributed by atoms with van der Waals surface area (Å²) in [6, 6.07) is 14.5. The van der Waals surface area contributed by atoms with Gasteiger partial charge in [0, 0.05) is 17.3 Å². The van der Waals surface area contributed by atoms with Crippen LogP contribution in [-0.4, -0.2) is 17.6 Å². The van der Waals surface area contributed by atoms with Crippen LogP contribution in [0, 0.1) is 5.92 Å². The first-order valence-corrected chi connectivity index (χ1v) is 12.6. The lowest BCUT2D eigenvalue weighted by Gasteiger charge is -2.25. The molecule has 0 bridgehead atoms. The maximum atomic E-state index is 12.7. The fourth-order valence-electron chi connectivity index (χ4n) is 4.60. The second-order valence-electron chi connectivity index (χ2n) is 8.59. The summed E-state index contributed by atoms with van der Waals surface area (Å²) in [6.07, 6.45) is 7.44. The van der Waals surface area contributed by atoms with E-state index in [1.165, 1.54) is 17.5 Å². The summed E-state index contributed by atoms with van der Waals surface area (Å²) >= 11 is 1.67. The van der Waals surface area contributed by atoms with Crippen molar-refractivity contribution < 1.29 is 9.59 Å². The summed E-state index contributed by atoms with van der Waals surface area (Å²) < 4.78 is 0. The van der Waals surface area contributed by atoms with Crippen molar-refractivity contribution in [3.63, 3.8) is 0 Å². The monoisotopic (exact) mass is 436 g/mol. The molecule has 1 saturated heterocycles. The van der Waals surface area contributed by atoms with E-state index < -0.39 is 0 Å². The van der Waals surface area contributed by atoms with Crippen LogP contribution >= 0.6 is 11.8 Å². The Bertz CT molecular complexity index is 941. The smallest absolute Gasteiger partial charge is 0.238 e. The predicted octanol–water partition coefficient (Wildman–Crippen LogP) is 6.11. The highest BCUT2D eigenvalue weighted by Gasteiger charge is 2.34. The first-order valence-electron chi connectivity index (χ1n) is 11.6. The first-order chi connectivity index (χ1) is 15.1. The number of aryl methyl sites for hydroxylation is 2. The second-order valence-corrected chi connectivity index (χ2v) is 9.66. The number of thioether (sulfide) groups is 1. The topological polar surface area (TPSA) is 49.4 Å². The molecule has 0 radical (unpaired) electrons. The van der Waals surface area contributed by atoms with Crippen molar-refractivity contribution in [2.75, 3.05) is 16.0 Å². The van der Waals surface area contributed by atoms with Gasteiger partial charge in [-0.15, -0.1) is 11.8 Å². The highest BCUT2D eigenvalue weighted by atomic mass is 32.2. The van der Waals surface area contributed by atoms with Crippen molar-refractivity contribution in [3.05, 3.63) is 59.2 Å². The molecule has 1 N–H and O–H groups in total. The minimum Gasteiger partial charge on any atom is -0.326 e. The van der Waals surface area contributed by atoms with Crippen LogP contribution in [0.4, 0.5) is 11.4 Å². The summed E-state index contributed by atoms with van der Waals surface area (Å²) in [6.45, 7) is 4.23. The quantitative estimate of drug-likeness (QED) is 0.543. The number of nitrogens with one attached hydrogen (secondary N) is 1. The van der Waals surface area contributed by atoms with E-state index in [0.29, 0.717) is 5.75 Å². The highest BCUT2D eigenvalue weighted by molar-refractivity contribution is 8.00. The van der Waals surface area contributed by atoms with Crippen LogP contribution in [0.1, 0.15) is 68.0 Å². The Morgan fingerprint density at radius 2 is 1.90 bits per heavy atom. The molecule has 0 unspecified atom stereocenters. The SMILES string of the molecule is CCCC[C@@H](CC)C(=O)Nc1ccc([C@@H]2SCC(=O)N2c2ccc3c(c2)CCC3)cc1. The maximum absolute atomic E-state index is 12.7. The molecule has 4 rings (SSSR count). The molecule has 1 heterocycles. The van der Waals surface area contributed by atoms with Gasteiger partial charge in [-0.2, -0.15) is 0 Å². The third-order valence-corrected chi connectivity index (χ3v) is 7.67. The molecule has 0 saturated carbocycles. The number of amides is 2. The Morgan fingerprint density at radius 1 is 1.13 bits per heavy atom. The van der Waals surface area contributed by atoms with Crippen LogP contribution in [0.5, 0.6) is 0 Å². The van der Waals surface area contributed by atoms with Crippen molar-refractivity contribution >= 4 is 35.0 Å². The number of hydrogen-bond donors (Lipinski definition) is 1. The van der Waals surface area contributed by atoms with E-state index in [4.69, 9.17) is 0 Å². The van der Waals surface area contributed by atoms with E-state index in [9.17, 15) is 9.59 Å². The number of unbranched alkanes of at least 4 members (excludes halogenated alkanes) is 1. The Morgan fingerprint density at radius 3 is 2.65 bits per heavy atom. The van der Waals surface area contributed by atoms with Gasteiger partial charge in [-0.3, -0.25) is 14.5 Å². The summed E-state index contributed by atoms with van der Waals surface area (Å²) in [5.74, 6) is 0.828. The van der Waals surface area contributed by atoms with Crippen molar-refractivity contribution in [1.29, 1.82) is 0 Å². The molecular formula is C26H32N2O2S. The summed E-state index contributed by atoms with van der Waals surface area (Å²) in [5, 5.41) is 3.05. The Balaban J connectivity index is 1.47. The van der Waals surface area contributed by atoms with Crippen LogP contribution < -0.4 is 10.2 Å². The van der Waals surface area contributed by atoms with Gasteiger partial charge in [0.15, 0.2) is 0 Å². The standard InChI is InChI=1S/C26H32N2O2S/c1-3-5-7-18(4-2)25(30)27-22-13-10-20(11-14-22)26-28(24(29)17-31-26)23-15-12-19-8-6-9-21(19)16-23/h10-16,18,26H,3-9,17H2,1-2H3,(H,27,30)/t18-,26+/m1/s1. The third kappa shape index (κ3) is 4.82. The molecular weight excluding hydrogens is 404 g/mol. The van der Waals surface area contributed by atoms with Gasteiger partial charge < -0.3 is 5.32 Å². The Labute approximate surface area is 189 Å². The molecule has 0 spiro atoms. The van der Waals surface area contributed by atoms with E-state index in [1.807, 2.05) is 29.2 Å². The number of fused-ring (bicyclic) bond motifs is 1. The van der Waals surface area contributed by atoms with Gasteiger partial charge in [-0.05, 0) is 73.1 Å². The molecule has 2 atom stereocenters. The zero-order valence-electron chi connectivity index (χ0n) is 18.5. The number of carbonyl (C=O) groups excluding carboxylic acids is 2. The van der Waals surface area contributed by atoms with Gasteiger partial charge in [0.1, 0.15) is 5.37 Å². The summed E-state index contributed by atoms with van der Waals surface area (Å²) in [4.78, 5) is 27.2. The van der Waals surface area contributed by atoms with E-state index in [-0.39, 0.29) is 23.1 Å². The molecule has 1 fully saturated rings. The summed E-state index contributed by atoms with van der Waals surface area (Å²) in [7, 11) is 0. The van der Waals surface area contributed by atoms with Crippen molar-refractivity contribution in [2.24, 2.45) is 5.92 Å². The molecule has 1 aliphatic carbocycles. The fourth-order valence-corrected chi connectivity index (χ4v) is 5.78. The third-order valence-electron chi connectivity index (χ3n) is 6.46. The van der Waals surface area contributed by atoms with E-state index in [1.54, 1.807) is 11.8 Å². The Kier molecular flexibility index (Phi) is 7.01. The molecule has 2 aromatic carbocycles. The minimum absolute atomic E-state index is 0.0235. The molecule has 2 aliphatic rings. The van der Waals surface area contributed by atoms with Crippen molar-refractivity contribution in [1.82, 2.24) is 0 Å². The van der Waals surface area contributed by atoms with Gasteiger partial charge in [0.25, 0.3) is 0 Å². The normalized spacial score (nSPS) is 18.8. The molecule has 2 amide bonds. The summed E-state index contributed by atoms with van der Waals surface area (Å²) in [5.41, 5.74) is 5.71. The lowest BCUT2D eigenvalue weighted by Crippen LogP contribution is -2.28. The van der Waals surface area contributed by atoms with E-state index in [0.717, 1.165) is 55.5 Å². The molecule has 31 heavy (non-hydrogen) atoms. The van der Waals surface area contributed by atoms with Crippen LogP contribution in [0.3, 0.4) is 0 Å². The van der Waals surface area contributed by atoms with Gasteiger partial charge in [-0.1, -0.05) is 44.9 Å². The fraction of sp³-hybridized carbons (Fsp3) is 0.462. The molecule has 4 nitrogen and oxygen atoms in total. The average molecular weight is 437 g/mol. The van der Waals surface area contributed by atoms with E-state index >= 15 is 0 Å². The number of anilines is 2. The zero-order valence-corrected chi connectivity index (χ0v) is 19.3. The van der Waals surface area contributed by atoms with E-state index in [2.05, 4.69) is 37.4 Å². The Hall–Kier alpha value is -2.27. The van der Waals surface area contributed by atoms with Gasteiger partial charge in [-0.25, -0.2) is 0 Å². The van der Waals surface area contributed by atoms with Crippen LogP contribution in [0.2, 0.25) is 0 Å². The molecule has 5 heteroatoms. The van der Waals surface area contributed by atoms with Gasteiger partial charge in [0.2, 0.25) is 11.8 Å². The van der Waals surface area contributed by atoms with Crippen LogP contribution in [0.15, 0.2) is 42.5 Å². The number of carbonyl (C=O) groups is 2. The highest BCUT2D eigenvalue weighted by Crippen LogP contribution is 2.43. The average Bonchev–Trinajstić information content (AvgIpc) is 3.40. The predicted molar refractivity (Wildman–Crippen MR) is 130 cm³/mol. The van der Waals surface area contributed by atoms with Gasteiger partial charge >= 0.3 is 0 Å². The minimum atomic E-state index is -0.0235. The number of rotatable bonds is 8. The molecule has 2 aromatic rings.